The molecular weight excluding hydrogens is 263 g/mol. The molecule has 1 unspecified atom stereocenters. The zero-order chi connectivity index (χ0) is 15.4. The van der Waals surface area contributed by atoms with Gasteiger partial charge in [0.2, 0.25) is 0 Å². The monoisotopic (exact) mass is 287 g/mol. The molecule has 4 heteroatoms. The van der Waals surface area contributed by atoms with E-state index in [2.05, 4.69) is 26.1 Å². The van der Waals surface area contributed by atoms with Crippen molar-refractivity contribution in [2.24, 2.45) is 0 Å². The van der Waals surface area contributed by atoms with Crippen molar-refractivity contribution >= 4 is 0 Å². The molecule has 0 bridgehead atoms. The Morgan fingerprint density at radius 1 is 1.05 bits per heavy atom. The topological polar surface area (TPSA) is 12.0 Å². The smallest absolute Gasteiger partial charge is 0.302 e. The number of benzene rings is 1. The van der Waals surface area contributed by atoms with E-state index in [0.717, 1.165) is 12.0 Å². The lowest BCUT2D eigenvalue weighted by Gasteiger charge is -2.25. The van der Waals surface area contributed by atoms with Crippen molar-refractivity contribution < 1.29 is 13.2 Å². The second-order valence-corrected chi connectivity index (χ2v) is 5.79. The lowest BCUT2D eigenvalue weighted by molar-refractivity contribution is -0.157. The average Bonchev–Trinajstić information content (AvgIpc) is 2.38. The van der Waals surface area contributed by atoms with Crippen molar-refractivity contribution in [1.82, 2.24) is 5.32 Å². The minimum atomic E-state index is -4.27. The van der Waals surface area contributed by atoms with Crippen LogP contribution >= 0.6 is 0 Å². The highest BCUT2D eigenvalue weighted by molar-refractivity contribution is 5.30. The zero-order valence-corrected chi connectivity index (χ0v) is 12.6. The van der Waals surface area contributed by atoms with E-state index in [4.69, 9.17) is 0 Å². The molecule has 0 amide bonds. The summed E-state index contributed by atoms with van der Waals surface area (Å²) in [5.41, 5.74) is 1.34. The average molecular weight is 287 g/mol. The summed E-state index contributed by atoms with van der Waals surface area (Å²) in [6.07, 6.45) is -2.65. The van der Waals surface area contributed by atoms with Gasteiger partial charge in [-0.2, -0.15) is 13.2 Å². The summed E-state index contributed by atoms with van der Waals surface area (Å²) in [7, 11) is 0. The van der Waals surface area contributed by atoms with Gasteiger partial charge in [-0.15, -0.1) is 0 Å². The maximum absolute atomic E-state index is 13.1. The summed E-state index contributed by atoms with van der Waals surface area (Å²) in [5, 5.41) is 2.57. The molecule has 20 heavy (non-hydrogen) atoms. The molecule has 1 aromatic carbocycles. The third kappa shape index (κ3) is 4.23. The molecule has 1 rings (SSSR count). The Bertz CT molecular complexity index is 407. The summed E-state index contributed by atoms with van der Waals surface area (Å²) < 4.78 is 39.2. The van der Waals surface area contributed by atoms with E-state index in [9.17, 15) is 13.2 Å². The molecule has 0 heterocycles. The molecule has 1 atom stereocenters. The first kappa shape index (κ1) is 17.0. The largest absolute Gasteiger partial charge is 0.407 e. The molecule has 1 N–H and O–H groups in total. The van der Waals surface area contributed by atoms with E-state index in [0.29, 0.717) is 13.0 Å². The number of halogens is 3. The first-order valence-corrected chi connectivity index (χ1v) is 7.13. The summed E-state index contributed by atoms with van der Waals surface area (Å²) in [5.74, 6) is 0. The number of hydrogen-bond donors (Lipinski definition) is 1. The molecule has 0 fully saturated rings. The molecule has 0 aliphatic heterocycles. The van der Waals surface area contributed by atoms with Crippen LogP contribution < -0.4 is 5.32 Å². The Hall–Kier alpha value is -1.03. The third-order valence-electron chi connectivity index (χ3n) is 3.84. The summed E-state index contributed by atoms with van der Waals surface area (Å²) in [6, 6.07) is 5.22. The lowest BCUT2D eigenvalue weighted by atomic mass is 9.82. The van der Waals surface area contributed by atoms with E-state index in [1.165, 1.54) is 0 Å². The van der Waals surface area contributed by atoms with E-state index in [-0.39, 0.29) is 11.0 Å². The quantitative estimate of drug-likeness (QED) is 0.778. The molecular formula is C16H24F3N. The molecule has 0 radical (unpaired) electrons. The van der Waals surface area contributed by atoms with Gasteiger partial charge in [0.1, 0.15) is 6.04 Å². The van der Waals surface area contributed by atoms with Crippen molar-refractivity contribution in [3.05, 3.63) is 35.4 Å². The van der Waals surface area contributed by atoms with Gasteiger partial charge in [-0.25, -0.2) is 0 Å². The first-order valence-electron chi connectivity index (χ1n) is 7.13. The van der Waals surface area contributed by atoms with Crippen LogP contribution in [-0.4, -0.2) is 12.7 Å². The molecule has 0 aromatic heterocycles. The van der Waals surface area contributed by atoms with E-state index >= 15 is 0 Å². The highest BCUT2D eigenvalue weighted by Gasteiger charge is 2.40. The highest BCUT2D eigenvalue weighted by Crippen LogP contribution is 2.34. The molecule has 1 aromatic rings. The number of rotatable bonds is 6. The Balaban J connectivity index is 2.99. The second-order valence-electron chi connectivity index (χ2n) is 5.79. The summed E-state index contributed by atoms with van der Waals surface area (Å²) in [6.45, 7) is 8.48. The number of alkyl halides is 3. The Morgan fingerprint density at radius 3 is 2.00 bits per heavy atom. The molecule has 0 saturated carbocycles. The molecule has 0 aliphatic carbocycles. The van der Waals surface area contributed by atoms with Gasteiger partial charge in [0.25, 0.3) is 0 Å². The van der Waals surface area contributed by atoms with Crippen LogP contribution in [0.3, 0.4) is 0 Å². The Labute approximate surface area is 119 Å². The van der Waals surface area contributed by atoms with Crippen LogP contribution in [0.15, 0.2) is 24.3 Å². The van der Waals surface area contributed by atoms with Gasteiger partial charge < -0.3 is 5.32 Å². The van der Waals surface area contributed by atoms with Crippen molar-refractivity contribution in [2.45, 2.75) is 58.2 Å². The second kappa shape index (κ2) is 6.61. The van der Waals surface area contributed by atoms with Gasteiger partial charge in [0.15, 0.2) is 0 Å². The van der Waals surface area contributed by atoms with Crippen molar-refractivity contribution in [3.8, 4) is 0 Å². The highest BCUT2D eigenvalue weighted by atomic mass is 19.4. The van der Waals surface area contributed by atoms with Crippen molar-refractivity contribution in [2.75, 3.05) is 6.54 Å². The van der Waals surface area contributed by atoms with Gasteiger partial charge >= 0.3 is 6.18 Å². The number of hydrogen-bond acceptors (Lipinski definition) is 1. The van der Waals surface area contributed by atoms with Gasteiger partial charge in [0, 0.05) is 0 Å². The predicted molar refractivity (Wildman–Crippen MR) is 76.8 cm³/mol. The van der Waals surface area contributed by atoms with E-state index in [1.54, 1.807) is 12.1 Å². The number of nitrogens with one attached hydrogen (secondary N) is 1. The lowest BCUT2D eigenvalue weighted by Crippen LogP contribution is -2.34. The Morgan fingerprint density at radius 2 is 1.60 bits per heavy atom. The van der Waals surface area contributed by atoms with Crippen LogP contribution in [0.5, 0.6) is 0 Å². The Kier molecular flexibility index (Phi) is 5.63. The maximum atomic E-state index is 13.1. The molecule has 0 saturated heterocycles. The summed E-state index contributed by atoms with van der Waals surface area (Å²) >= 11 is 0. The molecule has 1 nitrogen and oxygen atoms in total. The van der Waals surface area contributed by atoms with Crippen LogP contribution in [-0.2, 0) is 5.41 Å². The van der Waals surface area contributed by atoms with Crippen LogP contribution in [0.2, 0.25) is 0 Å². The van der Waals surface area contributed by atoms with Crippen molar-refractivity contribution in [3.63, 3.8) is 0 Å². The first-order chi connectivity index (χ1) is 9.22. The van der Waals surface area contributed by atoms with Gasteiger partial charge in [-0.05, 0) is 35.9 Å². The normalized spacial score (nSPS) is 14.3. The van der Waals surface area contributed by atoms with Crippen LogP contribution in [0.1, 0.15) is 57.7 Å². The van der Waals surface area contributed by atoms with Gasteiger partial charge in [0.05, 0.1) is 0 Å². The molecule has 114 valence electrons. The minimum absolute atomic E-state index is 0.0108. The van der Waals surface area contributed by atoms with Crippen LogP contribution in [0.25, 0.3) is 0 Å². The van der Waals surface area contributed by atoms with Gasteiger partial charge in [-0.3, -0.25) is 0 Å². The van der Waals surface area contributed by atoms with Gasteiger partial charge in [-0.1, -0.05) is 52.0 Å². The minimum Gasteiger partial charge on any atom is -0.302 e. The SMILES string of the molecule is CCCNC(c1ccc(C(C)(C)CC)cc1)C(F)(F)F. The zero-order valence-electron chi connectivity index (χ0n) is 12.6. The third-order valence-corrected chi connectivity index (χ3v) is 3.84. The van der Waals surface area contributed by atoms with E-state index in [1.807, 2.05) is 19.1 Å². The fourth-order valence-electron chi connectivity index (χ4n) is 2.04. The van der Waals surface area contributed by atoms with Crippen LogP contribution in [0.4, 0.5) is 13.2 Å². The standard InChI is InChI=1S/C16H24F3N/c1-5-11-20-14(16(17,18)19)12-7-9-13(10-8-12)15(3,4)6-2/h7-10,14,20H,5-6,11H2,1-4H3. The van der Waals surface area contributed by atoms with Crippen LogP contribution in [0, 0.1) is 0 Å². The fourth-order valence-corrected chi connectivity index (χ4v) is 2.04. The molecule has 0 aliphatic rings. The summed E-state index contributed by atoms with van der Waals surface area (Å²) in [4.78, 5) is 0. The van der Waals surface area contributed by atoms with Crippen molar-refractivity contribution in [1.29, 1.82) is 0 Å². The maximum Gasteiger partial charge on any atom is 0.407 e. The fraction of sp³-hybridized carbons (Fsp3) is 0.625. The predicted octanol–water partition coefficient (Wildman–Crippen LogP) is 4.98. The van der Waals surface area contributed by atoms with E-state index < -0.39 is 12.2 Å². The molecule has 0 spiro atoms.